The Morgan fingerprint density at radius 2 is 2.00 bits per heavy atom. The molecule has 1 rings (SSSR count). The summed E-state index contributed by atoms with van der Waals surface area (Å²) in [7, 11) is 0. The minimum absolute atomic E-state index is 0.0161. The lowest BCUT2D eigenvalue weighted by Gasteiger charge is -2.20. The van der Waals surface area contributed by atoms with Gasteiger partial charge in [-0.15, -0.1) is 0 Å². The molecular formula is C15H22FNO2. The first kappa shape index (κ1) is 15.6. The highest BCUT2D eigenvalue weighted by molar-refractivity contribution is 5.94. The Balaban J connectivity index is 2.60. The predicted molar refractivity (Wildman–Crippen MR) is 73.5 cm³/mol. The molecule has 0 radical (unpaired) electrons. The third-order valence-electron chi connectivity index (χ3n) is 3.43. The molecule has 0 saturated heterocycles. The standard InChI is InChI=1S/C15H22FNO2/c1-4-11(5-2)14(18)9-17-15(19)12-7-6-10(3)8-13(12)16/h6-8,11,14,18H,4-5,9H2,1-3H3,(H,17,19). The summed E-state index contributed by atoms with van der Waals surface area (Å²) in [4.78, 5) is 11.8. The van der Waals surface area contributed by atoms with E-state index in [4.69, 9.17) is 0 Å². The number of nitrogens with one attached hydrogen (secondary N) is 1. The van der Waals surface area contributed by atoms with Gasteiger partial charge in [0.25, 0.3) is 5.91 Å². The average Bonchev–Trinajstić information content (AvgIpc) is 2.37. The van der Waals surface area contributed by atoms with Gasteiger partial charge in [0.15, 0.2) is 0 Å². The SMILES string of the molecule is CCC(CC)C(O)CNC(=O)c1ccc(C)cc1F. The smallest absolute Gasteiger partial charge is 0.254 e. The number of aryl methyl sites for hydroxylation is 1. The van der Waals surface area contributed by atoms with Crippen molar-refractivity contribution in [2.24, 2.45) is 5.92 Å². The summed E-state index contributed by atoms with van der Waals surface area (Å²) in [5.41, 5.74) is 0.786. The fraction of sp³-hybridized carbons (Fsp3) is 0.533. The summed E-state index contributed by atoms with van der Waals surface area (Å²) < 4.78 is 13.6. The van der Waals surface area contributed by atoms with Gasteiger partial charge in [-0.25, -0.2) is 4.39 Å². The van der Waals surface area contributed by atoms with E-state index in [-0.39, 0.29) is 18.0 Å². The fourth-order valence-corrected chi connectivity index (χ4v) is 2.10. The molecule has 0 aliphatic carbocycles. The lowest BCUT2D eigenvalue weighted by Crippen LogP contribution is -2.36. The van der Waals surface area contributed by atoms with Gasteiger partial charge in [0.05, 0.1) is 11.7 Å². The number of amides is 1. The third-order valence-corrected chi connectivity index (χ3v) is 3.43. The highest BCUT2D eigenvalue weighted by Crippen LogP contribution is 2.13. The molecule has 0 heterocycles. The van der Waals surface area contributed by atoms with Crippen molar-refractivity contribution in [2.75, 3.05) is 6.54 Å². The summed E-state index contributed by atoms with van der Waals surface area (Å²) in [6.45, 7) is 5.91. The number of aliphatic hydroxyl groups excluding tert-OH is 1. The highest BCUT2D eigenvalue weighted by atomic mass is 19.1. The number of aliphatic hydroxyl groups is 1. The monoisotopic (exact) mass is 267 g/mol. The van der Waals surface area contributed by atoms with E-state index in [0.29, 0.717) is 0 Å². The molecule has 0 fully saturated rings. The van der Waals surface area contributed by atoms with Crippen molar-refractivity contribution in [3.63, 3.8) is 0 Å². The fourth-order valence-electron chi connectivity index (χ4n) is 2.10. The van der Waals surface area contributed by atoms with Crippen LogP contribution in [0, 0.1) is 18.7 Å². The molecule has 1 aromatic carbocycles. The largest absolute Gasteiger partial charge is 0.391 e. The molecule has 1 amide bonds. The highest BCUT2D eigenvalue weighted by Gasteiger charge is 2.18. The zero-order valence-corrected chi connectivity index (χ0v) is 11.7. The Bertz CT molecular complexity index is 430. The molecule has 1 atom stereocenters. The summed E-state index contributed by atoms with van der Waals surface area (Å²) in [6.07, 6.45) is 1.12. The predicted octanol–water partition coefficient (Wildman–Crippen LogP) is 2.66. The topological polar surface area (TPSA) is 49.3 Å². The van der Waals surface area contributed by atoms with E-state index in [2.05, 4.69) is 5.32 Å². The van der Waals surface area contributed by atoms with E-state index >= 15 is 0 Å². The maximum Gasteiger partial charge on any atom is 0.254 e. The lowest BCUT2D eigenvalue weighted by molar-refractivity contribution is 0.0813. The van der Waals surface area contributed by atoms with Crippen molar-refractivity contribution < 1.29 is 14.3 Å². The van der Waals surface area contributed by atoms with E-state index in [0.717, 1.165) is 18.4 Å². The second-order valence-corrected chi connectivity index (χ2v) is 4.84. The number of rotatable bonds is 6. The van der Waals surface area contributed by atoms with E-state index in [9.17, 15) is 14.3 Å². The Morgan fingerprint density at radius 3 is 2.53 bits per heavy atom. The Morgan fingerprint density at radius 1 is 1.37 bits per heavy atom. The summed E-state index contributed by atoms with van der Waals surface area (Å²) in [5, 5.41) is 12.5. The maximum atomic E-state index is 13.6. The summed E-state index contributed by atoms with van der Waals surface area (Å²) >= 11 is 0. The molecule has 2 N–H and O–H groups in total. The van der Waals surface area contributed by atoms with E-state index in [1.165, 1.54) is 12.1 Å². The quantitative estimate of drug-likeness (QED) is 0.832. The van der Waals surface area contributed by atoms with Crippen molar-refractivity contribution in [3.8, 4) is 0 Å². The van der Waals surface area contributed by atoms with Gasteiger partial charge in [-0.3, -0.25) is 4.79 Å². The molecule has 1 unspecified atom stereocenters. The average molecular weight is 267 g/mol. The Labute approximate surface area is 113 Å². The summed E-state index contributed by atoms with van der Waals surface area (Å²) in [5.74, 6) is -0.861. The van der Waals surface area contributed by atoms with E-state index in [1.54, 1.807) is 13.0 Å². The van der Waals surface area contributed by atoms with Crippen molar-refractivity contribution in [3.05, 3.63) is 35.1 Å². The van der Waals surface area contributed by atoms with Crippen LogP contribution in [0.15, 0.2) is 18.2 Å². The molecule has 0 spiro atoms. The summed E-state index contributed by atoms with van der Waals surface area (Å²) in [6, 6.07) is 4.48. The number of halogens is 1. The zero-order valence-electron chi connectivity index (χ0n) is 11.7. The van der Waals surface area contributed by atoms with E-state index < -0.39 is 17.8 Å². The van der Waals surface area contributed by atoms with Crippen LogP contribution in [0.3, 0.4) is 0 Å². The Kier molecular flexibility index (Phi) is 5.96. The molecule has 3 nitrogen and oxygen atoms in total. The number of benzene rings is 1. The minimum atomic E-state index is -0.590. The zero-order chi connectivity index (χ0) is 14.4. The van der Waals surface area contributed by atoms with Crippen LogP contribution in [0.25, 0.3) is 0 Å². The molecular weight excluding hydrogens is 245 g/mol. The van der Waals surface area contributed by atoms with Gasteiger partial charge in [-0.1, -0.05) is 32.8 Å². The van der Waals surface area contributed by atoms with E-state index in [1.807, 2.05) is 13.8 Å². The molecule has 19 heavy (non-hydrogen) atoms. The van der Waals surface area contributed by atoms with Gasteiger partial charge < -0.3 is 10.4 Å². The maximum absolute atomic E-state index is 13.6. The van der Waals surface area contributed by atoms with Crippen molar-refractivity contribution in [2.45, 2.75) is 39.7 Å². The number of hydrogen-bond donors (Lipinski definition) is 2. The van der Waals surface area contributed by atoms with Gasteiger partial charge in [-0.05, 0) is 30.5 Å². The molecule has 1 aromatic rings. The van der Waals surface area contributed by atoms with Crippen LogP contribution >= 0.6 is 0 Å². The molecule has 0 saturated carbocycles. The molecule has 0 aliphatic rings. The minimum Gasteiger partial charge on any atom is -0.391 e. The molecule has 0 bridgehead atoms. The van der Waals surface area contributed by atoms with Gasteiger partial charge in [-0.2, -0.15) is 0 Å². The number of hydrogen-bond acceptors (Lipinski definition) is 2. The van der Waals surface area contributed by atoms with Crippen LogP contribution in [0.2, 0.25) is 0 Å². The second-order valence-electron chi connectivity index (χ2n) is 4.84. The molecule has 4 heteroatoms. The van der Waals surface area contributed by atoms with Crippen LogP contribution in [0.4, 0.5) is 4.39 Å². The van der Waals surface area contributed by atoms with Gasteiger partial charge in [0, 0.05) is 6.54 Å². The van der Waals surface area contributed by atoms with Crippen molar-refractivity contribution in [1.82, 2.24) is 5.32 Å². The number of carbonyl (C=O) groups is 1. The third kappa shape index (κ3) is 4.31. The van der Waals surface area contributed by atoms with Gasteiger partial charge in [0.2, 0.25) is 0 Å². The van der Waals surface area contributed by atoms with Crippen LogP contribution in [-0.4, -0.2) is 23.7 Å². The Hall–Kier alpha value is -1.42. The molecule has 106 valence electrons. The lowest BCUT2D eigenvalue weighted by atomic mass is 9.96. The number of carbonyl (C=O) groups excluding carboxylic acids is 1. The molecule has 0 aliphatic heterocycles. The van der Waals surface area contributed by atoms with Crippen LogP contribution < -0.4 is 5.32 Å². The van der Waals surface area contributed by atoms with Gasteiger partial charge in [0.1, 0.15) is 5.82 Å². The normalized spacial score (nSPS) is 12.5. The van der Waals surface area contributed by atoms with Crippen LogP contribution in [0.5, 0.6) is 0 Å². The first-order valence-corrected chi connectivity index (χ1v) is 6.72. The first-order valence-electron chi connectivity index (χ1n) is 6.72. The second kappa shape index (κ2) is 7.24. The van der Waals surface area contributed by atoms with Crippen molar-refractivity contribution >= 4 is 5.91 Å². The van der Waals surface area contributed by atoms with Crippen LogP contribution in [-0.2, 0) is 0 Å². The first-order chi connectivity index (χ1) is 8.99. The van der Waals surface area contributed by atoms with Gasteiger partial charge >= 0.3 is 0 Å². The van der Waals surface area contributed by atoms with Crippen LogP contribution in [0.1, 0.15) is 42.6 Å². The van der Waals surface area contributed by atoms with Crippen molar-refractivity contribution in [1.29, 1.82) is 0 Å². The molecule has 0 aromatic heterocycles.